The molecule has 0 atom stereocenters. The highest BCUT2D eigenvalue weighted by Gasteiger charge is 1.66. The first-order valence-electron chi connectivity index (χ1n) is 4.04. The molecule has 0 aliphatic heterocycles. The molecule has 0 heterocycles. The summed E-state index contributed by atoms with van der Waals surface area (Å²) in [6.45, 7) is 4.33. The minimum atomic E-state index is -0.833. The Morgan fingerprint density at radius 3 is 0.556 bits per heavy atom. The summed E-state index contributed by atoms with van der Waals surface area (Å²) in [6, 6.07) is 0. The number of carboxylic acids is 4. The summed E-state index contributed by atoms with van der Waals surface area (Å²) in [7, 11) is 0. The number of hydrogen-bond acceptors (Lipinski definition) is 6. The van der Waals surface area contributed by atoms with Crippen LogP contribution in [-0.4, -0.2) is 44.3 Å². The second kappa shape index (κ2) is 29.3. The lowest BCUT2D eigenvalue weighted by molar-refractivity contribution is -0.135. The van der Waals surface area contributed by atoms with Gasteiger partial charge in [0.15, 0.2) is 0 Å². The fraction of sp³-hybridized carbons (Fsp3) is 0.500. The van der Waals surface area contributed by atoms with E-state index in [1.165, 1.54) is 0 Å². The Morgan fingerprint density at radius 1 is 0.556 bits per heavy atom. The van der Waals surface area contributed by atoms with Gasteiger partial charge in [-0.15, -0.1) is 0 Å². The van der Waals surface area contributed by atoms with Crippen LogP contribution in [0.5, 0.6) is 0 Å². The topological polar surface area (TPSA) is 201 Å². The van der Waals surface area contributed by atoms with Gasteiger partial charge in [-0.25, -0.2) is 0 Å². The summed E-state index contributed by atoms with van der Waals surface area (Å²) in [6.07, 6.45) is 0. The predicted molar refractivity (Wildman–Crippen MR) is 61.6 cm³/mol. The van der Waals surface area contributed by atoms with Gasteiger partial charge < -0.3 is 20.4 Å². The van der Waals surface area contributed by atoms with Crippen LogP contribution in [-0.2, 0) is 19.2 Å². The van der Waals surface area contributed by atoms with E-state index < -0.39 is 23.9 Å². The Labute approximate surface area is 104 Å². The number of aliphatic carboxylic acids is 4. The third-order valence-electron chi connectivity index (χ3n) is 0. The van der Waals surface area contributed by atoms with Gasteiger partial charge in [0.1, 0.15) is 0 Å². The van der Waals surface area contributed by atoms with E-state index in [1.807, 2.05) is 0 Å². The molecular weight excluding hydrogens is 252 g/mol. The van der Waals surface area contributed by atoms with Crippen molar-refractivity contribution in [2.24, 2.45) is 11.7 Å². The van der Waals surface area contributed by atoms with Crippen molar-refractivity contribution in [2.75, 3.05) is 0 Å². The number of hydrogen-bond donors (Lipinski definition) is 6. The van der Waals surface area contributed by atoms with Crippen LogP contribution >= 0.6 is 0 Å². The van der Waals surface area contributed by atoms with E-state index in [1.54, 1.807) is 0 Å². The minimum Gasteiger partial charge on any atom is -0.481 e. The maximum absolute atomic E-state index is 9.00. The van der Waals surface area contributed by atoms with Crippen molar-refractivity contribution in [3.05, 3.63) is 0 Å². The molecule has 10 heteroatoms. The zero-order valence-corrected chi connectivity index (χ0v) is 10.6. The van der Waals surface area contributed by atoms with E-state index in [-0.39, 0.29) is 0 Å². The number of hydrazine groups is 1. The van der Waals surface area contributed by atoms with Gasteiger partial charge in [-0.05, 0) is 0 Å². The summed E-state index contributed by atoms with van der Waals surface area (Å²) in [5.74, 6) is 4.67. The Hall–Kier alpha value is -2.20. The molecule has 18 heavy (non-hydrogen) atoms. The summed E-state index contributed by atoms with van der Waals surface area (Å²) < 4.78 is 0. The number of carbonyl (C=O) groups is 4. The molecular formula is C8H20N2O8. The van der Waals surface area contributed by atoms with Crippen LogP contribution < -0.4 is 11.7 Å². The lowest BCUT2D eigenvalue weighted by Crippen LogP contribution is -2.02. The summed E-state index contributed by atoms with van der Waals surface area (Å²) in [4.78, 5) is 36.0. The number of nitrogens with two attached hydrogens (primary N) is 2. The number of carboxylic acid groups (broad SMARTS) is 4. The zero-order valence-electron chi connectivity index (χ0n) is 10.6. The van der Waals surface area contributed by atoms with Crippen molar-refractivity contribution in [1.82, 2.24) is 0 Å². The molecule has 10 nitrogen and oxygen atoms in total. The lowest BCUT2D eigenvalue weighted by atomic mass is 10.9. The summed E-state index contributed by atoms with van der Waals surface area (Å²) in [5.41, 5.74) is 0. The van der Waals surface area contributed by atoms with Crippen LogP contribution in [0.15, 0.2) is 0 Å². The largest absolute Gasteiger partial charge is 0.481 e. The van der Waals surface area contributed by atoms with Gasteiger partial charge in [0.25, 0.3) is 23.9 Å². The van der Waals surface area contributed by atoms with Crippen molar-refractivity contribution >= 4 is 23.9 Å². The molecule has 0 rings (SSSR count). The van der Waals surface area contributed by atoms with Gasteiger partial charge >= 0.3 is 0 Å². The molecule has 0 fully saturated rings. The molecule has 0 amide bonds. The van der Waals surface area contributed by atoms with Crippen LogP contribution in [0.1, 0.15) is 27.7 Å². The molecule has 0 unspecified atom stereocenters. The molecule has 0 bridgehead atoms. The molecule has 0 aliphatic carbocycles. The van der Waals surface area contributed by atoms with E-state index in [0.29, 0.717) is 0 Å². The Morgan fingerprint density at radius 2 is 0.556 bits per heavy atom. The monoisotopic (exact) mass is 272 g/mol. The highest BCUT2D eigenvalue weighted by atomic mass is 16.4. The molecule has 0 spiro atoms. The molecule has 0 radical (unpaired) electrons. The molecule has 110 valence electrons. The van der Waals surface area contributed by atoms with Gasteiger partial charge in [-0.3, -0.25) is 30.9 Å². The fourth-order valence-electron chi connectivity index (χ4n) is 0. The molecule has 0 aliphatic rings. The van der Waals surface area contributed by atoms with Crippen molar-refractivity contribution in [1.29, 1.82) is 0 Å². The van der Waals surface area contributed by atoms with E-state index in [2.05, 4.69) is 11.7 Å². The average Bonchev–Trinajstić information content (AvgIpc) is 2.01. The normalized spacial score (nSPS) is 5.89. The maximum atomic E-state index is 9.00. The molecule has 0 aromatic rings. The Bertz CT molecular complexity index is 165. The van der Waals surface area contributed by atoms with E-state index in [9.17, 15) is 0 Å². The van der Waals surface area contributed by atoms with Crippen molar-refractivity contribution < 1.29 is 39.6 Å². The zero-order chi connectivity index (χ0) is 16.3. The quantitative estimate of drug-likeness (QED) is 0.239. The maximum Gasteiger partial charge on any atom is 0.300 e. The van der Waals surface area contributed by atoms with Gasteiger partial charge in [-0.2, -0.15) is 0 Å². The third kappa shape index (κ3) is 467. The van der Waals surface area contributed by atoms with Gasteiger partial charge in [0, 0.05) is 27.7 Å². The van der Waals surface area contributed by atoms with Crippen LogP contribution in [0.25, 0.3) is 0 Å². The first kappa shape index (κ1) is 29.7. The smallest absolute Gasteiger partial charge is 0.300 e. The summed E-state index contributed by atoms with van der Waals surface area (Å²) in [5, 5.41) is 29.7. The second-order valence-electron chi connectivity index (χ2n) is 2.08. The molecule has 0 aromatic carbocycles. The van der Waals surface area contributed by atoms with Crippen LogP contribution in [0.2, 0.25) is 0 Å². The fourth-order valence-corrected chi connectivity index (χ4v) is 0. The molecule has 0 saturated heterocycles. The van der Waals surface area contributed by atoms with Crippen molar-refractivity contribution in [3.8, 4) is 0 Å². The van der Waals surface area contributed by atoms with Crippen LogP contribution in [0.3, 0.4) is 0 Å². The highest BCUT2D eigenvalue weighted by molar-refractivity contribution is 5.63. The molecule has 0 saturated carbocycles. The molecule has 8 N–H and O–H groups in total. The van der Waals surface area contributed by atoms with Gasteiger partial charge in [0.2, 0.25) is 0 Å². The Kier molecular flexibility index (Phi) is 48.4. The standard InChI is InChI=1S/4C2H4O2.H4N2/c4*1-2(3)4;1-2/h4*1H3,(H,3,4);1-2H2. The minimum absolute atomic E-state index is 0.833. The lowest BCUT2D eigenvalue weighted by Gasteiger charge is -1.59. The molecule has 0 aromatic heterocycles. The van der Waals surface area contributed by atoms with Crippen LogP contribution in [0, 0.1) is 0 Å². The van der Waals surface area contributed by atoms with Crippen LogP contribution in [0.4, 0.5) is 0 Å². The van der Waals surface area contributed by atoms with Crippen molar-refractivity contribution in [3.63, 3.8) is 0 Å². The number of rotatable bonds is 0. The van der Waals surface area contributed by atoms with E-state index >= 15 is 0 Å². The summed E-state index contributed by atoms with van der Waals surface area (Å²) >= 11 is 0. The SMILES string of the molecule is CC(=O)O.CC(=O)O.CC(=O)O.CC(=O)O.NN. The second-order valence-corrected chi connectivity index (χ2v) is 2.08. The van der Waals surface area contributed by atoms with E-state index in [0.717, 1.165) is 27.7 Å². The highest BCUT2D eigenvalue weighted by Crippen LogP contribution is 1.43. The van der Waals surface area contributed by atoms with Crippen molar-refractivity contribution in [2.45, 2.75) is 27.7 Å². The first-order valence-corrected chi connectivity index (χ1v) is 4.04. The first-order chi connectivity index (χ1) is 7.93. The third-order valence-corrected chi connectivity index (χ3v) is 0. The average molecular weight is 272 g/mol. The predicted octanol–water partition coefficient (Wildman–Crippen LogP) is -0.818. The van der Waals surface area contributed by atoms with E-state index in [4.69, 9.17) is 39.6 Å². The van der Waals surface area contributed by atoms with Gasteiger partial charge in [0.05, 0.1) is 0 Å². The van der Waals surface area contributed by atoms with Gasteiger partial charge in [-0.1, -0.05) is 0 Å². The Balaban J connectivity index is -0.0000000399.